The molecule has 0 spiro atoms. The van der Waals surface area contributed by atoms with Crippen LogP contribution >= 0.6 is 21.6 Å². The van der Waals surface area contributed by atoms with Crippen molar-refractivity contribution < 1.29 is 53.7 Å². The van der Waals surface area contributed by atoms with Crippen molar-refractivity contribution >= 4 is 96.6 Å². The second-order valence-corrected chi connectivity index (χ2v) is 23.5. The van der Waals surface area contributed by atoms with Crippen LogP contribution in [0.3, 0.4) is 0 Å². The minimum Gasteiger partial charge on any atom is -0.508 e. The molecular formula is C54H72N14O11S2. The molecule has 20 N–H and O–H groups in total. The number of benzene rings is 3. The van der Waals surface area contributed by atoms with E-state index in [1.807, 2.05) is 30.3 Å². The Morgan fingerprint density at radius 1 is 0.741 bits per heavy atom. The number of aromatic hydroxyl groups is 1. The van der Waals surface area contributed by atoms with E-state index >= 15 is 0 Å². The van der Waals surface area contributed by atoms with Gasteiger partial charge in [-0.2, -0.15) is 0 Å². The third-order valence-corrected chi connectivity index (χ3v) is 17.1. The van der Waals surface area contributed by atoms with Crippen molar-refractivity contribution in [3.05, 3.63) is 102 Å². The Hall–Kier alpha value is -7.85. The summed E-state index contributed by atoms with van der Waals surface area (Å²) in [5, 5.41) is 51.8. The van der Waals surface area contributed by atoms with Gasteiger partial charge in [0.05, 0.1) is 18.2 Å². The molecule has 0 bridgehead atoms. The Morgan fingerprint density at radius 3 is 1.95 bits per heavy atom. The number of aliphatic hydroxyl groups excluding tert-OH is 2. The number of aliphatic hydroxyl groups is 2. The zero-order chi connectivity index (χ0) is 59.3. The highest BCUT2D eigenvalue weighted by atomic mass is 33.1. The van der Waals surface area contributed by atoms with Gasteiger partial charge in [0.25, 0.3) is 0 Å². The molecular weight excluding hydrogens is 1080 g/mol. The largest absolute Gasteiger partial charge is 0.508 e. The number of aliphatic imine (C=N–C) groups is 1. The number of nitrogens with zero attached hydrogens (tertiary/aromatic N) is 1. The summed E-state index contributed by atoms with van der Waals surface area (Å²) in [5.41, 5.74) is 26.7. The molecule has 1 saturated heterocycles. The van der Waals surface area contributed by atoms with Crippen molar-refractivity contribution in [2.45, 2.75) is 132 Å². The van der Waals surface area contributed by atoms with E-state index in [1.54, 1.807) is 37.5 Å². The first-order chi connectivity index (χ1) is 38.3. The first kappa shape index (κ1) is 62.3. The molecule has 25 nitrogen and oxygen atoms in total. The van der Waals surface area contributed by atoms with E-state index in [4.69, 9.17) is 22.9 Å². The fraction of sp³-hybridized carbons (Fsp3) is 0.426. The SMILES string of the molecule is C[C@@H](O)[C@H](NC(=O)[C@@H]1NC(=O)[C@@H]([C@@H](C)O)NC(=O)[C@H](CCCN=C(N)N)NC(=O)[C@H](Cc2c[nH]c3ccccc23)NC(=O)[C@H](Cc2ccc(O)cc2)NC(=O)[C@@H](NC(=O)[C@@H](N)[C@@H](C)c2c[nH]c3ccccc23)CSSC1(C)C)C(N)=O. The molecule has 436 valence electrons. The van der Waals surface area contributed by atoms with Crippen molar-refractivity contribution in [2.24, 2.45) is 27.9 Å². The molecule has 3 heterocycles. The lowest BCUT2D eigenvalue weighted by Gasteiger charge is -2.36. The van der Waals surface area contributed by atoms with Crippen LogP contribution in [0.5, 0.6) is 5.75 Å². The average molecular weight is 1160 g/mol. The van der Waals surface area contributed by atoms with E-state index in [1.165, 1.54) is 52.0 Å². The van der Waals surface area contributed by atoms with Crippen LogP contribution in [0.4, 0.5) is 0 Å². The number of para-hydroxylation sites is 2. The Bertz CT molecular complexity index is 3090. The number of guanidine groups is 1. The number of amides is 8. The molecule has 1 fully saturated rings. The number of fused-ring (bicyclic) bond motifs is 2. The van der Waals surface area contributed by atoms with Crippen molar-refractivity contribution in [3.8, 4) is 5.75 Å². The van der Waals surface area contributed by atoms with Gasteiger partial charge < -0.3 is 85.4 Å². The van der Waals surface area contributed by atoms with Gasteiger partial charge in [-0.25, -0.2) is 0 Å². The van der Waals surface area contributed by atoms with E-state index in [9.17, 15) is 53.7 Å². The molecule has 0 saturated carbocycles. The first-order valence-corrected chi connectivity index (χ1v) is 28.5. The summed E-state index contributed by atoms with van der Waals surface area (Å²) < 4.78 is -1.46. The number of aromatic nitrogens is 2. The molecule has 1 aliphatic heterocycles. The van der Waals surface area contributed by atoms with Gasteiger partial charge in [0.2, 0.25) is 47.3 Å². The number of nitrogens with one attached hydrogen (secondary N) is 9. The van der Waals surface area contributed by atoms with Gasteiger partial charge >= 0.3 is 0 Å². The molecule has 0 radical (unpaired) electrons. The lowest BCUT2D eigenvalue weighted by Crippen LogP contribution is -2.65. The summed E-state index contributed by atoms with van der Waals surface area (Å²) in [4.78, 5) is 125. The van der Waals surface area contributed by atoms with Gasteiger partial charge in [0.15, 0.2) is 5.96 Å². The van der Waals surface area contributed by atoms with Crippen LogP contribution in [-0.4, -0.2) is 156 Å². The highest BCUT2D eigenvalue weighted by Crippen LogP contribution is 2.39. The van der Waals surface area contributed by atoms with Gasteiger partial charge in [-0.05, 0) is 81.5 Å². The molecule has 5 aromatic rings. The normalized spacial score (nSPS) is 22.5. The van der Waals surface area contributed by atoms with Crippen LogP contribution in [0.25, 0.3) is 21.8 Å². The van der Waals surface area contributed by atoms with Crippen molar-refractivity contribution in [1.29, 1.82) is 0 Å². The second-order valence-electron chi connectivity index (χ2n) is 20.5. The molecule has 3 aromatic carbocycles. The molecule has 8 amide bonds. The van der Waals surface area contributed by atoms with Crippen molar-refractivity contribution in [3.63, 3.8) is 0 Å². The number of aromatic amines is 2. The number of H-pyrrole nitrogens is 2. The van der Waals surface area contributed by atoms with Crippen LogP contribution in [0.2, 0.25) is 0 Å². The summed E-state index contributed by atoms with van der Waals surface area (Å²) in [6, 6.07) is 8.16. The number of rotatable bonds is 17. The Kier molecular flexibility index (Phi) is 21.6. The lowest BCUT2D eigenvalue weighted by atomic mass is 9.93. The minimum absolute atomic E-state index is 0.00669. The average Bonchev–Trinajstić information content (AvgIpc) is 4.06. The van der Waals surface area contributed by atoms with Gasteiger partial charge in [-0.15, -0.1) is 0 Å². The predicted molar refractivity (Wildman–Crippen MR) is 309 cm³/mol. The van der Waals surface area contributed by atoms with Gasteiger partial charge in [-0.3, -0.25) is 43.3 Å². The summed E-state index contributed by atoms with van der Waals surface area (Å²) in [7, 11) is 1.92. The monoisotopic (exact) mass is 1160 g/mol. The summed E-state index contributed by atoms with van der Waals surface area (Å²) >= 11 is 0. The van der Waals surface area contributed by atoms with E-state index < -0.39 is 118 Å². The Labute approximate surface area is 474 Å². The first-order valence-electron chi connectivity index (χ1n) is 26.1. The lowest BCUT2D eigenvalue weighted by molar-refractivity contribution is -0.137. The molecule has 6 rings (SSSR count). The van der Waals surface area contributed by atoms with E-state index in [2.05, 4.69) is 52.2 Å². The van der Waals surface area contributed by atoms with Crippen molar-refractivity contribution in [2.75, 3.05) is 12.3 Å². The predicted octanol–water partition coefficient (Wildman–Crippen LogP) is -0.861. The Balaban J connectivity index is 1.45. The maximum absolute atomic E-state index is 15.0. The molecule has 1 aliphatic rings. The van der Waals surface area contributed by atoms with Crippen LogP contribution in [-0.2, 0) is 51.2 Å². The smallest absolute Gasteiger partial charge is 0.245 e. The van der Waals surface area contributed by atoms with Gasteiger partial charge in [-0.1, -0.05) is 77.0 Å². The summed E-state index contributed by atoms with van der Waals surface area (Å²) in [6.07, 6.45) is -0.213. The molecule has 11 atom stereocenters. The molecule has 2 aromatic heterocycles. The molecule has 81 heavy (non-hydrogen) atoms. The van der Waals surface area contributed by atoms with Crippen LogP contribution in [0.1, 0.15) is 70.1 Å². The zero-order valence-corrected chi connectivity index (χ0v) is 47.0. The topological polar surface area (TPSA) is 429 Å². The quantitative estimate of drug-likeness (QED) is 0.0233. The van der Waals surface area contributed by atoms with Crippen LogP contribution in [0, 0.1) is 0 Å². The number of phenols is 1. The fourth-order valence-electron chi connectivity index (χ4n) is 9.15. The zero-order valence-electron chi connectivity index (χ0n) is 45.4. The van der Waals surface area contributed by atoms with E-state index in [-0.39, 0.29) is 49.7 Å². The third kappa shape index (κ3) is 16.6. The number of carbonyl (C=O) groups is 8. The maximum atomic E-state index is 15.0. The van der Waals surface area contributed by atoms with Gasteiger partial charge in [0.1, 0.15) is 48.0 Å². The maximum Gasteiger partial charge on any atom is 0.245 e. The second kappa shape index (κ2) is 28.0. The standard InChI is InChI=1S/C54H72N14O11S2/c1-26(34-24-61-36-14-9-7-12-33(34)36)41(55)50(77)65-40-25-80-81-54(4,5)44(52(79)66-42(27(2)69)45(56)72)68-51(78)43(28(3)70)67-46(73)37(15-10-20-59-53(57)58)62-48(75)39(22-30-23-60-35-13-8-6-11-32(30)35)64-47(74)38(63-49(40)76)21-29-16-18-31(71)19-17-29/h6-9,11-14,16-19,23-24,26-28,37-44,60-61,69-71H,10,15,20-22,25,55H2,1-5H3,(H2,56,72)(H,62,75)(H,63,76)(H,64,74)(H,65,77)(H,66,79)(H,67,73)(H,68,78)(H4,57,58,59)/t26-,27+,28+,37-,38-,39-,40-,41-,42-,43+,44-/m0/s1. The van der Waals surface area contributed by atoms with Gasteiger partial charge in [0, 0.05) is 70.0 Å². The number of primary amides is 1. The number of nitrogens with two attached hydrogens (primary N) is 4. The molecule has 27 heteroatoms. The van der Waals surface area contributed by atoms with Crippen LogP contribution in [0.15, 0.2) is 90.2 Å². The highest BCUT2D eigenvalue weighted by Gasteiger charge is 2.43. The summed E-state index contributed by atoms with van der Waals surface area (Å²) in [5.74, 6) is -8.82. The number of hydrogen-bond acceptors (Lipinski definition) is 15. The van der Waals surface area contributed by atoms with E-state index in [0.717, 1.165) is 38.1 Å². The number of carbonyl (C=O) groups excluding carboxylic acids is 8. The minimum atomic E-state index is -1.81. The number of hydrogen-bond donors (Lipinski definition) is 16. The molecule has 0 unspecified atom stereocenters. The van der Waals surface area contributed by atoms with Crippen LogP contribution < -0.4 is 60.2 Å². The Morgan fingerprint density at radius 2 is 1.32 bits per heavy atom. The van der Waals surface area contributed by atoms with E-state index in [0.29, 0.717) is 22.0 Å². The highest BCUT2D eigenvalue weighted by molar-refractivity contribution is 8.77. The molecule has 0 aliphatic carbocycles. The number of phenolic OH excluding ortho intramolecular Hbond substituents is 1. The summed E-state index contributed by atoms with van der Waals surface area (Å²) in [6.45, 7) is 7.21. The fourth-order valence-corrected chi connectivity index (χ4v) is 12.0. The van der Waals surface area contributed by atoms with Crippen molar-refractivity contribution in [1.82, 2.24) is 47.2 Å². The third-order valence-electron chi connectivity index (χ3n) is 13.8.